The molecule has 2 atom stereocenters. The van der Waals surface area contributed by atoms with Gasteiger partial charge in [-0.05, 0) is 50.0 Å². The Labute approximate surface area is 135 Å². The molecular weight excluding hydrogens is 276 g/mol. The summed E-state index contributed by atoms with van der Waals surface area (Å²) in [6, 6.07) is 0.540. The van der Waals surface area contributed by atoms with E-state index in [9.17, 15) is 9.90 Å². The number of hydrogen-bond donors (Lipinski definition) is 2. The molecule has 0 aromatic heterocycles. The molecule has 0 radical (unpaired) electrons. The van der Waals surface area contributed by atoms with E-state index in [1.54, 1.807) is 0 Å². The van der Waals surface area contributed by atoms with Gasteiger partial charge in [0.2, 0.25) is 5.91 Å². The van der Waals surface area contributed by atoms with Gasteiger partial charge in [0.05, 0.1) is 6.10 Å². The molecule has 1 amide bonds. The highest BCUT2D eigenvalue weighted by Crippen LogP contribution is 2.24. The first-order valence-corrected chi connectivity index (χ1v) is 9.03. The maximum atomic E-state index is 12.2. The minimum absolute atomic E-state index is 0.0774. The van der Waals surface area contributed by atoms with E-state index in [-0.39, 0.29) is 11.5 Å². The predicted molar refractivity (Wildman–Crippen MR) is 89.6 cm³/mol. The van der Waals surface area contributed by atoms with Gasteiger partial charge in [-0.15, -0.1) is 0 Å². The molecular formula is C18H34N2O2. The number of carbonyl (C=O) groups is 1. The quantitative estimate of drug-likeness (QED) is 0.839. The minimum atomic E-state index is -0.0857. The van der Waals surface area contributed by atoms with Crippen molar-refractivity contribution in [2.45, 2.75) is 77.9 Å². The highest BCUT2D eigenvalue weighted by atomic mass is 16.3. The lowest BCUT2D eigenvalue weighted by molar-refractivity contribution is -0.134. The molecule has 1 saturated carbocycles. The topological polar surface area (TPSA) is 52.6 Å². The van der Waals surface area contributed by atoms with Crippen LogP contribution in [0.2, 0.25) is 0 Å². The third-order valence-electron chi connectivity index (χ3n) is 4.98. The van der Waals surface area contributed by atoms with Crippen LogP contribution in [0.1, 0.15) is 65.7 Å². The van der Waals surface area contributed by atoms with Crippen LogP contribution in [0, 0.1) is 11.3 Å². The Balaban J connectivity index is 1.65. The summed E-state index contributed by atoms with van der Waals surface area (Å²) in [5.41, 5.74) is 0.0774. The highest BCUT2D eigenvalue weighted by molar-refractivity contribution is 5.76. The summed E-state index contributed by atoms with van der Waals surface area (Å²) in [5.74, 6) is 0.936. The molecule has 1 heterocycles. The van der Waals surface area contributed by atoms with Crippen molar-refractivity contribution in [1.29, 1.82) is 0 Å². The molecule has 2 rings (SSSR count). The van der Waals surface area contributed by atoms with Crippen molar-refractivity contribution in [2.75, 3.05) is 19.6 Å². The number of piperidine rings is 1. The molecule has 1 aliphatic heterocycles. The van der Waals surface area contributed by atoms with E-state index in [2.05, 4.69) is 26.1 Å². The molecule has 2 fully saturated rings. The van der Waals surface area contributed by atoms with Crippen LogP contribution in [0.15, 0.2) is 0 Å². The van der Waals surface area contributed by atoms with Gasteiger partial charge in [0, 0.05) is 25.6 Å². The summed E-state index contributed by atoms with van der Waals surface area (Å²) < 4.78 is 0. The normalized spacial score (nSPS) is 27.9. The van der Waals surface area contributed by atoms with Gasteiger partial charge >= 0.3 is 0 Å². The Morgan fingerprint density at radius 3 is 2.45 bits per heavy atom. The van der Waals surface area contributed by atoms with E-state index in [1.165, 1.54) is 6.42 Å². The average Bonchev–Trinajstić information content (AvgIpc) is 2.44. The van der Waals surface area contributed by atoms with Crippen LogP contribution in [0.5, 0.6) is 0 Å². The van der Waals surface area contributed by atoms with Crippen LogP contribution in [0.25, 0.3) is 0 Å². The molecule has 128 valence electrons. The van der Waals surface area contributed by atoms with Crippen molar-refractivity contribution < 1.29 is 9.90 Å². The summed E-state index contributed by atoms with van der Waals surface area (Å²) in [6.45, 7) is 9.17. The van der Waals surface area contributed by atoms with Gasteiger partial charge in [0.25, 0.3) is 0 Å². The second-order valence-electron chi connectivity index (χ2n) is 8.49. The monoisotopic (exact) mass is 310 g/mol. The zero-order valence-corrected chi connectivity index (χ0v) is 14.6. The van der Waals surface area contributed by atoms with Crippen LogP contribution >= 0.6 is 0 Å². The first-order valence-electron chi connectivity index (χ1n) is 9.03. The number of hydrogen-bond acceptors (Lipinski definition) is 3. The smallest absolute Gasteiger partial charge is 0.223 e. The number of nitrogens with zero attached hydrogens (tertiary/aromatic N) is 1. The summed E-state index contributed by atoms with van der Waals surface area (Å²) >= 11 is 0. The second-order valence-corrected chi connectivity index (χ2v) is 8.49. The highest BCUT2D eigenvalue weighted by Gasteiger charge is 2.26. The molecule has 2 aliphatic rings. The lowest BCUT2D eigenvalue weighted by Crippen LogP contribution is -2.46. The fourth-order valence-corrected chi connectivity index (χ4v) is 3.68. The molecule has 2 N–H and O–H groups in total. The van der Waals surface area contributed by atoms with Crippen LogP contribution in [-0.2, 0) is 4.79 Å². The second kappa shape index (κ2) is 7.78. The third kappa shape index (κ3) is 5.88. The van der Waals surface area contributed by atoms with E-state index in [0.29, 0.717) is 24.3 Å². The minimum Gasteiger partial charge on any atom is -0.393 e. The maximum Gasteiger partial charge on any atom is 0.223 e. The zero-order chi connectivity index (χ0) is 16.2. The van der Waals surface area contributed by atoms with Crippen molar-refractivity contribution in [2.24, 2.45) is 11.3 Å². The Morgan fingerprint density at radius 1 is 1.18 bits per heavy atom. The van der Waals surface area contributed by atoms with Gasteiger partial charge in [0.15, 0.2) is 0 Å². The third-order valence-corrected chi connectivity index (χ3v) is 4.98. The molecule has 1 aliphatic carbocycles. The van der Waals surface area contributed by atoms with Gasteiger partial charge in [-0.25, -0.2) is 0 Å². The van der Waals surface area contributed by atoms with E-state index in [0.717, 1.165) is 51.7 Å². The fraction of sp³-hybridized carbons (Fsp3) is 0.944. The Morgan fingerprint density at radius 2 is 1.86 bits per heavy atom. The molecule has 1 saturated heterocycles. The van der Waals surface area contributed by atoms with Crippen molar-refractivity contribution in [3.63, 3.8) is 0 Å². The number of amides is 1. The van der Waals surface area contributed by atoms with Crippen molar-refractivity contribution in [1.82, 2.24) is 10.2 Å². The predicted octanol–water partition coefficient (Wildman–Crippen LogP) is 2.55. The van der Waals surface area contributed by atoms with Crippen molar-refractivity contribution >= 4 is 5.91 Å². The van der Waals surface area contributed by atoms with Gasteiger partial charge < -0.3 is 15.3 Å². The molecule has 22 heavy (non-hydrogen) atoms. The SMILES string of the molecule is CC(C)(C)CC(=O)N1CCC(NCC2CCCC(O)C2)CC1. The number of aliphatic hydroxyl groups excluding tert-OH is 1. The summed E-state index contributed by atoms with van der Waals surface area (Å²) in [5, 5.41) is 13.4. The van der Waals surface area contributed by atoms with Crippen LogP contribution in [0.4, 0.5) is 0 Å². The number of likely N-dealkylation sites (tertiary alicyclic amines) is 1. The zero-order valence-electron chi connectivity index (χ0n) is 14.6. The summed E-state index contributed by atoms with van der Waals surface area (Å²) in [4.78, 5) is 14.3. The first kappa shape index (κ1) is 17.7. The molecule has 4 nitrogen and oxygen atoms in total. The molecule has 0 aromatic rings. The van der Waals surface area contributed by atoms with Crippen LogP contribution < -0.4 is 5.32 Å². The Bertz CT molecular complexity index is 357. The van der Waals surface area contributed by atoms with Crippen LogP contribution in [0.3, 0.4) is 0 Å². The van der Waals surface area contributed by atoms with E-state index in [1.807, 2.05) is 4.90 Å². The summed E-state index contributed by atoms with van der Waals surface area (Å²) in [7, 11) is 0. The number of nitrogens with one attached hydrogen (secondary N) is 1. The lowest BCUT2D eigenvalue weighted by atomic mass is 9.87. The van der Waals surface area contributed by atoms with Crippen molar-refractivity contribution in [3.8, 4) is 0 Å². The van der Waals surface area contributed by atoms with Crippen LogP contribution in [-0.4, -0.2) is 47.7 Å². The number of aliphatic hydroxyl groups is 1. The van der Waals surface area contributed by atoms with E-state index < -0.39 is 0 Å². The Kier molecular flexibility index (Phi) is 6.27. The number of carbonyl (C=O) groups excluding carboxylic acids is 1. The standard InChI is InChI=1S/C18H34N2O2/c1-18(2,3)12-17(22)20-9-7-15(8-10-20)19-13-14-5-4-6-16(21)11-14/h14-16,19,21H,4-13H2,1-3H3. The lowest BCUT2D eigenvalue weighted by Gasteiger charge is -2.35. The average molecular weight is 310 g/mol. The molecule has 4 heteroatoms. The molecule has 0 spiro atoms. The van der Waals surface area contributed by atoms with Crippen molar-refractivity contribution in [3.05, 3.63) is 0 Å². The van der Waals surface area contributed by atoms with E-state index >= 15 is 0 Å². The fourth-order valence-electron chi connectivity index (χ4n) is 3.68. The summed E-state index contributed by atoms with van der Waals surface area (Å²) in [6.07, 6.45) is 7.01. The largest absolute Gasteiger partial charge is 0.393 e. The van der Waals surface area contributed by atoms with Gasteiger partial charge in [-0.3, -0.25) is 4.79 Å². The van der Waals surface area contributed by atoms with Gasteiger partial charge in [-0.1, -0.05) is 27.2 Å². The maximum absolute atomic E-state index is 12.2. The first-order chi connectivity index (χ1) is 10.3. The Hall–Kier alpha value is -0.610. The molecule has 2 unspecified atom stereocenters. The van der Waals surface area contributed by atoms with Gasteiger partial charge in [-0.2, -0.15) is 0 Å². The number of rotatable bonds is 4. The van der Waals surface area contributed by atoms with E-state index in [4.69, 9.17) is 0 Å². The molecule has 0 aromatic carbocycles. The molecule has 0 bridgehead atoms. The van der Waals surface area contributed by atoms with Gasteiger partial charge in [0.1, 0.15) is 0 Å².